The lowest BCUT2D eigenvalue weighted by Gasteiger charge is -2.45. The highest BCUT2D eigenvalue weighted by atomic mass is 35.5. The normalized spacial score (nSPS) is 32.7. The van der Waals surface area contributed by atoms with E-state index in [4.69, 9.17) is 28.2 Å². The fourth-order valence-electron chi connectivity index (χ4n) is 4.91. The highest BCUT2D eigenvalue weighted by molar-refractivity contribution is 6.30. The van der Waals surface area contributed by atoms with Crippen molar-refractivity contribution in [2.45, 2.75) is 68.0 Å². The Kier molecular flexibility index (Phi) is 6.00. The van der Waals surface area contributed by atoms with Crippen LogP contribution in [-0.2, 0) is 0 Å². The molecule has 0 aromatic carbocycles. The van der Waals surface area contributed by atoms with Crippen molar-refractivity contribution in [3.63, 3.8) is 0 Å². The Labute approximate surface area is 182 Å². The fourth-order valence-corrected chi connectivity index (χ4v) is 5.46. The molecule has 2 aliphatic heterocycles. The lowest BCUT2D eigenvalue weighted by Crippen LogP contribution is -2.53. The Bertz CT molecular complexity index is 834. The summed E-state index contributed by atoms with van der Waals surface area (Å²) in [6.07, 6.45) is 7.31. The van der Waals surface area contributed by atoms with Crippen molar-refractivity contribution >= 4 is 29.0 Å². The minimum atomic E-state index is -0.336. The van der Waals surface area contributed by atoms with Crippen LogP contribution >= 0.6 is 23.2 Å². The SMILES string of the molecule is Cc1nc(N2CCC(C)(N3CC[C@H](O)C3)CC2)cc(=O)n1[C@@H]1C=CC[C@H](Cl)C1Cl. The summed E-state index contributed by atoms with van der Waals surface area (Å²) < 4.78 is 1.66. The van der Waals surface area contributed by atoms with Gasteiger partial charge in [-0.05, 0) is 39.5 Å². The number of aryl methyl sites for hydroxylation is 1. The molecule has 2 saturated heterocycles. The van der Waals surface area contributed by atoms with E-state index < -0.39 is 0 Å². The second-order valence-corrected chi connectivity index (χ2v) is 9.92. The zero-order chi connectivity index (χ0) is 20.8. The molecule has 0 saturated carbocycles. The Morgan fingerprint density at radius 2 is 1.97 bits per heavy atom. The average molecular weight is 441 g/mol. The van der Waals surface area contributed by atoms with E-state index in [2.05, 4.69) is 16.7 Å². The molecule has 1 unspecified atom stereocenters. The molecule has 2 fully saturated rings. The van der Waals surface area contributed by atoms with Gasteiger partial charge in [-0.25, -0.2) is 4.98 Å². The molecule has 1 N–H and O–H groups in total. The third kappa shape index (κ3) is 4.09. The number of allylic oxidation sites excluding steroid dienone is 2. The molecule has 3 aliphatic rings. The first-order chi connectivity index (χ1) is 13.8. The highest BCUT2D eigenvalue weighted by Crippen LogP contribution is 2.34. The lowest BCUT2D eigenvalue weighted by molar-refractivity contribution is 0.0841. The molecule has 0 amide bonds. The van der Waals surface area contributed by atoms with E-state index in [0.717, 1.165) is 51.3 Å². The standard InChI is InChI=1S/C21H30Cl2N4O2/c1-14-24-18(12-19(29)27(14)17-5-3-4-16(22)20(17)23)25-10-7-21(2,8-11-25)26-9-6-15(28)13-26/h3,5,12,15-17,20,28H,4,6-11,13H2,1-2H3/t15-,16-,17+,20?/m0/s1. The molecule has 0 spiro atoms. The van der Waals surface area contributed by atoms with E-state index in [0.29, 0.717) is 12.2 Å². The van der Waals surface area contributed by atoms with Crippen LogP contribution in [0.1, 0.15) is 44.5 Å². The van der Waals surface area contributed by atoms with Crippen LogP contribution in [0, 0.1) is 6.92 Å². The Hall–Kier alpha value is -1.08. The van der Waals surface area contributed by atoms with Gasteiger partial charge in [-0.3, -0.25) is 14.3 Å². The Morgan fingerprint density at radius 1 is 1.24 bits per heavy atom. The van der Waals surface area contributed by atoms with Crippen molar-refractivity contribution in [1.82, 2.24) is 14.5 Å². The predicted molar refractivity (Wildman–Crippen MR) is 117 cm³/mol. The van der Waals surface area contributed by atoms with E-state index in [-0.39, 0.29) is 34.0 Å². The number of aromatic nitrogens is 2. The number of alkyl halides is 2. The maximum absolute atomic E-state index is 13.0. The van der Waals surface area contributed by atoms with Crippen LogP contribution < -0.4 is 10.5 Å². The topological polar surface area (TPSA) is 61.6 Å². The summed E-state index contributed by atoms with van der Waals surface area (Å²) in [6.45, 7) is 7.58. The summed E-state index contributed by atoms with van der Waals surface area (Å²) in [7, 11) is 0. The van der Waals surface area contributed by atoms with E-state index in [9.17, 15) is 9.90 Å². The van der Waals surface area contributed by atoms with Gasteiger partial charge in [0.05, 0.1) is 22.9 Å². The molecular formula is C21H30Cl2N4O2. The molecule has 0 bridgehead atoms. The molecule has 160 valence electrons. The number of hydrogen-bond donors (Lipinski definition) is 1. The molecular weight excluding hydrogens is 411 g/mol. The largest absolute Gasteiger partial charge is 0.392 e. The van der Waals surface area contributed by atoms with Gasteiger partial charge in [0.25, 0.3) is 5.56 Å². The minimum Gasteiger partial charge on any atom is -0.392 e. The second-order valence-electron chi connectivity index (χ2n) is 8.86. The second kappa shape index (κ2) is 8.22. The van der Waals surface area contributed by atoms with Crippen molar-refractivity contribution in [1.29, 1.82) is 0 Å². The number of halogens is 2. The van der Waals surface area contributed by atoms with Gasteiger partial charge in [-0.2, -0.15) is 0 Å². The molecule has 1 aliphatic carbocycles. The third-order valence-electron chi connectivity index (χ3n) is 6.87. The van der Waals surface area contributed by atoms with E-state index in [1.165, 1.54) is 0 Å². The van der Waals surface area contributed by atoms with Crippen LogP contribution in [0.2, 0.25) is 0 Å². The molecule has 0 radical (unpaired) electrons. The number of hydrogen-bond acceptors (Lipinski definition) is 5. The summed E-state index contributed by atoms with van der Waals surface area (Å²) in [6, 6.07) is 1.36. The summed E-state index contributed by atoms with van der Waals surface area (Å²) in [4.78, 5) is 22.3. The first kappa shape index (κ1) is 21.2. The van der Waals surface area contributed by atoms with E-state index in [1.807, 2.05) is 19.1 Å². The van der Waals surface area contributed by atoms with Crippen molar-refractivity contribution in [3.05, 3.63) is 34.4 Å². The van der Waals surface area contributed by atoms with Gasteiger partial charge >= 0.3 is 0 Å². The van der Waals surface area contributed by atoms with E-state index in [1.54, 1.807) is 10.6 Å². The quantitative estimate of drug-likeness (QED) is 0.578. The zero-order valence-corrected chi connectivity index (χ0v) is 18.6. The molecule has 1 aromatic heterocycles. The van der Waals surface area contributed by atoms with E-state index >= 15 is 0 Å². The highest BCUT2D eigenvalue weighted by Gasteiger charge is 2.39. The number of aliphatic hydroxyl groups is 1. The van der Waals surface area contributed by atoms with Crippen LogP contribution in [0.5, 0.6) is 0 Å². The van der Waals surface area contributed by atoms with Crippen LogP contribution in [0.15, 0.2) is 23.0 Å². The van der Waals surface area contributed by atoms with Gasteiger partial charge in [0, 0.05) is 37.8 Å². The molecule has 8 heteroatoms. The predicted octanol–water partition coefficient (Wildman–Crippen LogP) is 2.69. The maximum atomic E-state index is 13.0. The van der Waals surface area contributed by atoms with Gasteiger partial charge in [0.1, 0.15) is 11.6 Å². The van der Waals surface area contributed by atoms with Crippen LogP contribution in [0.4, 0.5) is 5.82 Å². The number of rotatable bonds is 3. The van der Waals surface area contributed by atoms with Crippen molar-refractivity contribution in [2.75, 3.05) is 31.1 Å². The maximum Gasteiger partial charge on any atom is 0.256 e. The molecule has 1 aromatic rings. The fraction of sp³-hybridized carbons (Fsp3) is 0.714. The monoisotopic (exact) mass is 440 g/mol. The Balaban J connectivity index is 1.50. The summed E-state index contributed by atoms with van der Waals surface area (Å²) >= 11 is 12.8. The Morgan fingerprint density at radius 3 is 2.59 bits per heavy atom. The van der Waals surface area contributed by atoms with Crippen molar-refractivity contribution in [2.24, 2.45) is 0 Å². The lowest BCUT2D eigenvalue weighted by atomic mass is 9.88. The van der Waals surface area contributed by atoms with Gasteiger partial charge in [0.2, 0.25) is 0 Å². The summed E-state index contributed by atoms with van der Waals surface area (Å²) in [5.74, 6) is 1.40. The number of aliphatic hydroxyl groups excluding tert-OH is 1. The average Bonchev–Trinajstić information content (AvgIpc) is 3.12. The van der Waals surface area contributed by atoms with Gasteiger partial charge < -0.3 is 10.0 Å². The van der Waals surface area contributed by atoms with Crippen LogP contribution in [0.25, 0.3) is 0 Å². The minimum absolute atomic E-state index is 0.0884. The van der Waals surface area contributed by atoms with Crippen molar-refractivity contribution < 1.29 is 5.11 Å². The van der Waals surface area contributed by atoms with Crippen LogP contribution in [-0.4, -0.2) is 68.1 Å². The zero-order valence-electron chi connectivity index (χ0n) is 17.1. The van der Waals surface area contributed by atoms with Gasteiger partial charge in [-0.15, -0.1) is 23.2 Å². The van der Waals surface area contributed by atoms with Crippen LogP contribution in [0.3, 0.4) is 0 Å². The van der Waals surface area contributed by atoms with Crippen molar-refractivity contribution in [3.8, 4) is 0 Å². The number of nitrogens with zero attached hydrogens (tertiary/aromatic N) is 4. The third-order valence-corrected chi connectivity index (χ3v) is 8.01. The molecule has 29 heavy (non-hydrogen) atoms. The number of piperidine rings is 1. The first-order valence-electron chi connectivity index (χ1n) is 10.5. The molecule has 4 atom stereocenters. The molecule has 6 nitrogen and oxygen atoms in total. The number of likely N-dealkylation sites (tertiary alicyclic amines) is 1. The number of anilines is 1. The summed E-state index contributed by atoms with van der Waals surface area (Å²) in [5.41, 5.74) is 0.0149. The molecule has 3 heterocycles. The summed E-state index contributed by atoms with van der Waals surface area (Å²) in [5, 5.41) is 9.35. The van der Waals surface area contributed by atoms with Gasteiger partial charge in [0.15, 0.2) is 0 Å². The smallest absolute Gasteiger partial charge is 0.256 e. The first-order valence-corrected chi connectivity index (χ1v) is 11.4. The molecule has 4 rings (SSSR count). The number of β-amino-alcohol motifs (C(OH)–C–C–N with tert-alkyl or cyclic N) is 1. The van der Waals surface area contributed by atoms with Gasteiger partial charge in [-0.1, -0.05) is 12.2 Å².